The Morgan fingerprint density at radius 1 is 1.08 bits per heavy atom. The molecule has 0 saturated carbocycles. The summed E-state index contributed by atoms with van der Waals surface area (Å²) in [5.41, 5.74) is -0.303. The van der Waals surface area contributed by atoms with E-state index < -0.39 is 23.5 Å². The van der Waals surface area contributed by atoms with Crippen molar-refractivity contribution >= 4 is 16.7 Å². The average Bonchev–Trinajstić information content (AvgIpc) is 2.60. The lowest BCUT2D eigenvalue weighted by Crippen LogP contribution is -2.08. The maximum atomic E-state index is 12.9. The molecular weight excluding hydrogens is 345 g/mol. The molecule has 0 saturated heterocycles. The van der Waals surface area contributed by atoms with Gasteiger partial charge in [0.05, 0.1) is 17.7 Å². The largest absolute Gasteiger partial charge is 0.507 e. The van der Waals surface area contributed by atoms with Gasteiger partial charge in [-0.2, -0.15) is 13.2 Å². The lowest BCUT2D eigenvalue weighted by atomic mass is 9.92. The molecule has 0 unspecified atom stereocenters. The van der Waals surface area contributed by atoms with Crippen LogP contribution < -0.4 is 0 Å². The fourth-order valence-electron chi connectivity index (χ4n) is 2.86. The van der Waals surface area contributed by atoms with E-state index in [1.165, 1.54) is 6.07 Å². The van der Waals surface area contributed by atoms with Crippen molar-refractivity contribution in [2.45, 2.75) is 13.1 Å². The van der Waals surface area contributed by atoms with Gasteiger partial charge in [0.15, 0.2) is 0 Å². The fourth-order valence-corrected chi connectivity index (χ4v) is 2.86. The van der Waals surface area contributed by atoms with Gasteiger partial charge in [0.25, 0.3) is 0 Å². The third-order valence-corrected chi connectivity index (χ3v) is 4.02. The van der Waals surface area contributed by atoms with Gasteiger partial charge in [0.1, 0.15) is 5.75 Å². The van der Waals surface area contributed by atoms with Crippen LogP contribution in [-0.2, 0) is 10.9 Å². The molecule has 0 atom stereocenters. The molecule has 1 N–H and O–H groups in total. The molecule has 0 radical (unpaired) electrons. The monoisotopic (exact) mass is 360 g/mol. The molecule has 0 aliphatic heterocycles. The zero-order valence-corrected chi connectivity index (χ0v) is 13.8. The maximum absolute atomic E-state index is 12.9. The lowest BCUT2D eigenvalue weighted by Gasteiger charge is -2.15. The Morgan fingerprint density at radius 3 is 2.46 bits per heavy atom. The Balaban J connectivity index is 2.29. The van der Waals surface area contributed by atoms with Gasteiger partial charge in [0, 0.05) is 11.1 Å². The highest BCUT2D eigenvalue weighted by atomic mass is 19.4. The molecule has 0 fully saturated rings. The zero-order valence-electron chi connectivity index (χ0n) is 13.8. The van der Waals surface area contributed by atoms with Crippen molar-refractivity contribution in [1.82, 2.24) is 0 Å². The van der Waals surface area contributed by atoms with Crippen LogP contribution in [0.5, 0.6) is 5.75 Å². The predicted octanol–water partition coefficient (Wildman–Crippen LogP) is 5.41. The Kier molecular flexibility index (Phi) is 4.59. The third-order valence-electron chi connectivity index (χ3n) is 4.02. The number of carbonyl (C=O) groups excluding carboxylic acids is 1. The maximum Gasteiger partial charge on any atom is 0.416 e. The number of rotatable bonds is 3. The van der Waals surface area contributed by atoms with Gasteiger partial charge in [-0.05, 0) is 35.9 Å². The second-order valence-corrected chi connectivity index (χ2v) is 5.66. The number of phenols is 1. The molecule has 26 heavy (non-hydrogen) atoms. The van der Waals surface area contributed by atoms with Crippen LogP contribution in [0, 0.1) is 0 Å². The first-order valence-electron chi connectivity index (χ1n) is 7.92. The number of carbonyl (C=O) groups is 1. The number of hydrogen-bond acceptors (Lipinski definition) is 3. The second kappa shape index (κ2) is 6.71. The number of halogens is 3. The van der Waals surface area contributed by atoms with Crippen molar-refractivity contribution in [2.75, 3.05) is 6.61 Å². The van der Waals surface area contributed by atoms with Crippen molar-refractivity contribution in [3.8, 4) is 16.9 Å². The summed E-state index contributed by atoms with van der Waals surface area (Å²) in [6, 6.07) is 13.1. The standard InChI is InChI=1S/C20H15F3O3/c1-2-26-19(25)16-9-7-12-5-3-4-6-14(12)18(16)15-10-8-13(11-17(15)24)20(21,22)23/h3-11,24H,2H2,1H3. The molecule has 3 rings (SSSR count). The Morgan fingerprint density at radius 2 is 1.81 bits per heavy atom. The SMILES string of the molecule is CCOC(=O)c1ccc2ccccc2c1-c1ccc(C(F)(F)F)cc1O. The van der Waals surface area contributed by atoms with Gasteiger partial charge in [0.2, 0.25) is 0 Å². The van der Waals surface area contributed by atoms with E-state index in [1.807, 2.05) is 12.1 Å². The predicted molar refractivity (Wildman–Crippen MR) is 92.0 cm³/mol. The summed E-state index contributed by atoms with van der Waals surface area (Å²) in [4.78, 5) is 12.3. The van der Waals surface area contributed by atoms with E-state index in [0.29, 0.717) is 17.0 Å². The summed E-state index contributed by atoms with van der Waals surface area (Å²) in [6.07, 6.45) is -4.57. The minimum absolute atomic E-state index is 0.137. The van der Waals surface area contributed by atoms with Crippen LogP contribution in [-0.4, -0.2) is 17.7 Å². The molecule has 0 aliphatic carbocycles. The van der Waals surface area contributed by atoms with Gasteiger partial charge < -0.3 is 9.84 Å². The highest BCUT2D eigenvalue weighted by molar-refractivity contribution is 6.09. The molecule has 0 heterocycles. The first-order chi connectivity index (χ1) is 12.3. The van der Waals surface area contributed by atoms with Gasteiger partial charge in [-0.3, -0.25) is 0 Å². The van der Waals surface area contributed by atoms with Crippen LogP contribution >= 0.6 is 0 Å². The number of ether oxygens (including phenoxy) is 1. The van der Waals surface area contributed by atoms with Crippen molar-refractivity contribution < 1.29 is 27.8 Å². The first kappa shape index (κ1) is 17.8. The van der Waals surface area contributed by atoms with E-state index in [1.54, 1.807) is 31.2 Å². The summed E-state index contributed by atoms with van der Waals surface area (Å²) in [7, 11) is 0. The Hall–Kier alpha value is -3.02. The number of hydrogen-bond donors (Lipinski definition) is 1. The van der Waals surface area contributed by atoms with Crippen LogP contribution in [0.2, 0.25) is 0 Å². The Labute approximate surface area is 147 Å². The highest BCUT2D eigenvalue weighted by Gasteiger charge is 2.31. The molecule has 0 amide bonds. The first-order valence-corrected chi connectivity index (χ1v) is 7.92. The van der Waals surface area contributed by atoms with Crippen LogP contribution in [0.3, 0.4) is 0 Å². The van der Waals surface area contributed by atoms with E-state index in [9.17, 15) is 23.1 Å². The van der Waals surface area contributed by atoms with Gasteiger partial charge in [-0.1, -0.05) is 36.4 Å². The van der Waals surface area contributed by atoms with Gasteiger partial charge in [-0.25, -0.2) is 4.79 Å². The number of esters is 1. The summed E-state index contributed by atoms with van der Waals surface area (Å²) in [5, 5.41) is 11.7. The number of benzene rings is 3. The van der Waals surface area contributed by atoms with Crippen molar-refractivity contribution in [2.24, 2.45) is 0 Å². The van der Waals surface area contributed by atoms with Crippen LogP contribution in [0.25, 0.3) is 21.9 Å². The van der Waals surface area contributed by atoms with Crippen LogP contribution in [0.15, 0.2) is 54.6 Å². The molecule has 0 aliphatic rings. The highest BCUT2D eigenvalue weighted by Crippen LogP contribution is 2.40. The quantitative estimate of drug-likeness (QED) is 0.636. The molecule has 3 aromatic carbocycles. The van der Waals surface area contributed by atoms with Gasteiger partial charge in [-0.15, -0.1) is 0 Å². The van der Waals surface area contributed by atoms with Crippen molar-refractivity contribution in [3.05, 3.63) is 65.7 Å². The number of fused-ring (bicyclic) bond motifs is 1. The lowest BCUT2D eigenvalue weighted by molar-refractivity contribution is -0.137. The van der Waals surface area contributed by atoms with Gasteiger partial charge >= 0.3 is 12.1 Å². The molecule has 3 aromatic rings. The zero-order chi connectivity index (χ0) is 18.9. The normalized spacial score (nSPS) is 11.5. The molecule has 0 aromatic heterocycles. The number of aromatic hydroxyl groups is 1. The average molecular weight is 360 g/mol. The van der Waals surface area contributed by atoms with E-state index in [2.05, 4.69) is 0 Å². The molecule has 3 nitrogen and oxygen atoms in total. The fraction of sp³-hybridized carbons (Fsp3) is 0.150. The third kappa shape index (κ3) is 3.22. The minimum atomic E-state index is -4.57. The van der Waals surface area contributed by atoms with E-state index >= 15 is 0 Å². The van der Waals surface area contributed by atoms with E-state index in [0.717, 1.165) is 11.5 Å². The van der Waals surface area contributed by atoms with Crippen LogP contribution in [0.1, 0.15) is 22.8 Å². The Bertz CT molecular complexity index is 978. The smallest absolute Gasteiger partial charge is 0.416 e. The van der Waals surface area contributed by atoms with E-state index in [-0.39, 0.29) is 17.7 Å². The summed E-state index contributed by atoms with van der Waals surface area (Å²) in [5.74, 6) is -1.16. The van der Waals surface area contributed by atoms with Crippen LogP contribution in [0.4, 0.5) is 13.2 Å². The van der Waals surface area contributed by atoms with Crippen molar-refractivity contribution in [1.29, 1.82) is 0 Å². The van der Waals surface area contributed by atoms with E-state index in [4.69, 9.17) is 4.74 Å². The molecule has 0 spiro atoms. The molecular formula is C20H15F3O3. The summed E-state index contributed by atoms with van der Waals surface area (Å²) >= 11 is 0. The van der Waals surface area contributed by atoms with Crippen molar-refractivity contribution in [3.63, 3.8) is 0 Å². The molecule has 134 valence electrons. The topological polar surface area (TPSA) is 46.5 Å². The number of alkyl halides is 3. The summed E-state index contributed by atoms with van der Waals surface area (Å²) in [6.45, 7) is 1.82. The number of phenolic OH excluding ortho intramolecular Hbond substituents is 1. The summed E-state index contributed by atoms with van der Waals surface area (Å²) < 4.78 is 43.7. The molecule has 0 bridgehead atoms. The second-order valence-electron chi connectivity index (χ2n) is 5.66. The molecule has 6 heteroatoms. The minimum Gasteiger partial charge on any atom is -0.507 e.